The second-order valence-corrected chi connectivity index (χ2v) is 5.43. The number of benzene rings is 1. The fourth-order valence-corrected chi connectivity index (χ4v) is 2.63. The van der Waals surface area contributed by atoms with Gasteiger partial charge in [0.25, 0.3) is 0 Å². The van der Waals surface area contributed by atoms with E-state index < -0.39 is 0 Å². The fourth-order valence-electron chi connectivity index (χ4n) is 1.95. The molecule has 5 nitrogen and oxygen atoms in total. The molecule has 0 spiro atoms. The second-order valence-electron chi connectivity index (χ2n) is 4.57. The predicted octanol–water partition coefficient (Wildman–Crippen LogP) is 2.68. The zero-order valence-corrected chi connectivity index (χ0v) is 12.8. The van der Waals surface area contributed by atoms with Crippen molar-refractivity contribution in [3.8, 4) is 0 Å². The summed E-state index contributed by atoms with van der Waals surface area (Å²) >= 11 is 3.51. The van der Waals surface area contributed by atoms with Crippen molar-refractivity contribution in [2.24, 2.45) is 0 Å². The average molecular weight is 338 g/mol. The predicted molar refractivity (Wildman–Crippen MR) is 78.2 cm³/mol. The smallest absolute Gasteiger partial charge is 0.220 e. The van der Waals surface area contributed by atoms with Gasteiger partial charge in [-0.25, -0.2) is 0 Å². The molecule has 1 unspecified atom stereocenters. The lowest BCUT2D eigenvalue weighted by molar-refractivity contribution is -0.121. The molecule has 20 heavy (non-hydrogen) atoms. The third kappa shape index (κ3) is 4.16. The van der Waals surface area contributed by atoms with Crippen molar-refractivity contribution in [1.29, 1.82) is 0 Å². The molecule has 1 amide bonds. The van der Waals surface area contributed by atoms with Gasteiger partial charge in [0.2, 0.25) is 12.3 Å². The summed E-state index contributed by atoms with van der Waals surface area (Å²) in [6.45, 7) is 2.56. The highest BCUT2D eigenvalue weighted by Gasteiger charge is 2.13. The van der Waals surface area contributed by atoms with Crippen LogP contribution >= 0.6 is 15.9 Å². The third-order valence-corrected chi connectivity index (χ3v) is 3.73. The largest absolute Gasteiger partial charge is 0.356 e. The number of nitrogens with one attached hydrogen (secondary N) is 1. The summed E-state index contributed by atoms with van der Waals surface area (Å²) in [5.74, 6) is 0.789. The Labute approximate surface area is 125 Å². The molecule has 0 aliphatic heterocycles. The molecule has 0 radical (unpaired) electrons. The van der Waals surface area contributed by atoms with Crippen molar-refractivity contribution in [3.05, 3.63) is 46.5 Å². The van der Waals surface area contributed by atoms with Gasteiger partial charge in [0.05, 0.1) is 0 Å². The quantitative estimate of drug-likeness (QED) is 0.879. The number of carbonyl (C=O) groups excluding carboxylic acids is 1. The van der Waals surface area contributed by atoms with Gasteiger partial charge < -0.3 is 9.84 Å². The first-order valence-electron chi connectivity index (χ1n) is 6.43. The van der Waals surface area contributed by atoms with Crippen LogP contribution in [0.1, 0.15) is 30.7 Å². The zero-order valence-electron chi connectivity index (χ0n) is 11.2. The van der Waals surface area contributed by atoms with E-state index in [1.807, 2.05) is 31.2 Å². The topological polar surface area (TPSA) is 68.0 Å². The van der Waals surface area contributed by atoms with Gasteiger partial charge in [-0.05, 0) is 17.5 Å². The van der Waals surface area contributed by atoms with Gasteiger partial charge in [-0.15, -0.1) is 0 Å². The van der Waals surface area contributed by atoms with Gasteiger partial charge in [0.1, 0.15) is 0 Å². The SMILES string of the molecule is CC(CC(=O)NCCc1ncon1)c1ccccc1Br. The number of rotatable bonds is 6. The molecule has 2 rings (SSSR count). The summed E-state index contributed by atoms with van der Waals surface area (Å²) in [5.41, 5.74) is 1.14. The lowest BCUT2D eigenvalue weighted by Crippen LogP contribution is -2.27. The summed E-state index contributed by atoms with van der Waals surface area (Å²) in [7, 11) is 0. The highest BCUT2D eigenvalue weighted by atomic mass is 79.9. The van der Waals surface area contributed by atoms with E-state index in [1.165, 1.54) is 6.39 Å². The molecule has 2 aromatic rings. The summed E-state index contributed by atoms with van der Waals surface area (Å²) < 4.78 is 5.66. The normalized spacial score (nSPS) is 12.1. The second kappa shape index (κ2) is 7.19. The van der Waals surface area contributed by atoms with Crippen LogP contribution in [-0.4, -0.2) is 22.6 Å². The third-order valence-electron chi connectivity index (χ3n) is 3.01. The maximum Gasteiger partial charge on any atom is 0.220 e. The minimum atomic E-state index is 0.0248. The van der Waals surface area contributed by atoms with Gasteiger partial charge in [0.15, 0.2) is 5.82 Å². The Hall–Kier alpha value is -1.69. The minimum Gasteiger partial charge on any atom is -0.356 e. The molecular weight excluding hydrogens is 322 g/mol. The van der Waals surface area contributed by atoms with Gasteiger partial charge >= 0.3 is 0 Å². The molecule has 106 valence electrons. The van der Waals surface area contributed by atoms with Crippen LogP contribution in [0.4, 0.5) is 0 Å². The van der Waals surface area contributed by atoms with Crippen LogP contribution in [0.25, 0.3) is 0 Å². The lowest BCUT2D eigenvalue weighted by Gasteiger charge is -2.13. The molecule has 1 aromatic carbocycles. The van der Waals surface area contributed by atoms with Gasteiger partial charge in [-0.2, -0.15) is 4.98 Å². The molecule has 0 fully saturated rings. The molecule has 1 N–H and O–H groups in total. The van der Waals surface area contributed by atoms with Gasteiger partial charge in [0, 0.05) is 23.9 Å². The van der Waals surface area contributed by atoms with E-state index in [1.54, 1.807) is 0 Å². The number of aromatic nitrogens is 2. The van der Waals surface area contributed by atoms with Crippen LogP contribution in [0.15, 0.2) is 39.7 Å². The Morgan fingerprint density at radius 1 is 1.45 bits per heavy atom. The van der Waals surface area contributed by atoms with Crippen LogP contribution < -0.4 is 5.32 Å². The standard InChI is InChI=1S/C14H16BrN3O2/c1-10(11-4-2-3-5-12(11)15)8-14(19)16-7-6-13-17-9-20-18-13/h2-5,9-10H,6-8H2,1H3,(H,16,19). The van der Waals surface area contributed by atoms with E-state index in [9.17, 15) is 4.79 Å². The monoisotopic (exact) mass is 337 g/mol. The molecule has 0 aliphatic rings. The van der Waals surface area contributed by atoms with E-state index in [-0.39, 0.29) is 11.8 Å². The number of carbonyl (C=O) groups is 1. The summed E-state index contributed by atoms with van der Waals surface area (Å²) in [6, 6.07) is 7.96. The van der Waals surface area contributed by atoms with Crippen molar-refractivity contribution in [3.63, 3.8) is 0 Å². The Balaban J connectivity index is 1.78. The number of amides is 1. The van der Waals surface area contributed by atoms with E-state index in [0.717, 1.165) is 10.0 Å². The molecule has 1 aromatic heterocycles. The van der Waals surface area contributed by atoms with Crippen LogP contribution in [0, 0.1) is 0 Å². The number of hydrogen-bond donors (Lipinski definition) is 1. The van der Waals surface area contributed by atoms with Crippen molar-refractivity contribution < 1.29 is 9.32 Å². The van der Waals surface area contributed by atoms with Crippen molar-refractivity contribution in [2.75, 3.05) is 6.54 Å². The summed E-state index contributed by atoms with van der Waals surface area (Å²) in [4.78, 5) is 15.8. The molecule has 1 atom stereocenters. The highest BCUT2D eigenvalue weighted by molar-refractivity contribution is 9.10. The van der Waals surface area contributed by atoms with Crippen LogP contribution in [-0.2, 0) is 11.2 Å². The minimum absolute atomic E-state index is 0.0248. The Morgan fingerprint density at radius 2 is 2.25 bits per heavy atom. The lowest BCUT2D eigenvalue weighted by atomic mass is 9.97. The number of hydrogen-bond acceptors (Lipinski definition) is 4. The molecule has 1 heterocycles. The maximum atomic E-state index is 11.9. The maximum absolute atomic E-state index is 11.9. The van der Waals surface area contributed by atoms with Crippen molar-refractivity contribution in [1.82, 2.24) is 15.5 Å². The molecule has 0 bridgehead atoms. The van der Waals surface area contributed by atoms with E-state index in [0.29, 0.717) is 25.2 Å². The Kier molecular flexibility index (Phi) is 5.29. The summed E-state index contributed by atoms with van der Waals surface area (Å²) in [6.07, 6.45) is 2.31. The van der Waals surface area contributed by atoms with Crippen LogP contribution in [0.2, 0.25) is 0 Å². The Morgan fingerprint density at radius 3 is 2.95 bits per heavy atom. The van der Waals surface area contributed by atoms with E-state index in [4.69, 9.17) is 0 Å². The first kappa shape index (κ1) is 14.7. The van der Waals surface area contributed by atoms with E-state index in [2.05, 4.69) is 35.9 Å². The van der Waals surface area contributed by atoms with Crippen molar-refractivity contribution >= 4 is 21.8 Å². The molecular formula is C14H16BrN3O2. The molecule has 0 saturated heterocycles. The van der Waals surface area contributed by atoms with E-state index >= 15 is 0 Å². The van der Waals surface area contributed by atoms with Gasteiger partial charge in [-0.1, -0.05) is 46.2 Å². The van der Waals surface area contributed by atoms with Crippen LogP contribution in [0.5, 0.6) is 0 Å². The highest BCUT2D eigenvalue weighted by Crippen LogP contribution is 2.26. The van der Waals surface area contributed by atoms with Gasteiger partial charge in [-0.3, -0.25) is 4.79 Å². The van der Waals surface area contributed by atoms with Crippen LogP contribution in [0.3, 0.4) is 0 Å². The number of halogens is 1. The molecule has 0 aliphatic carbocycles. The molecule has 0 saturated carbocycles. The van der Waals surface area contributed by atoms with Crippen molar-refractivity contribution in [2.45, 2.75) is 25.7 Å². The number of nitrogens with zero attached hydrogens (tertiary/aromatic N) is 2. The first-order valence-corrected chi connectivity index (χ1v) is 7.22. The molecule has 6 heteroatoms. The summed E-state index contributed by atoms with van der Waals surface area (Å²) in [5, 5.41) is 6.55. The average Bonchev–Trinajstić information content (AvgIpc) is 2.92. The Bertz CT molecular complexity index is 557. The zero-order chi connectivity index (χ0) is 14.4. The first-order chi connectivity index (χ1) is 9.66. The fraction of sp³-hybridized carbons (Fsp3) is 0.357.